The number of esters is 1. The molecular weight excluding hydrogens is 357 g/mol. The first-order valence-electron chi connectivity index (χ1n) is 7.69. The van der Waals surface area contributed by atoms with Crippen molar-refractivity contribution < 1.29 is 18.3 Å². The monoisotopic (exact) mass is 376 g/mol. The standard InChI is InChI=1S/C18H20Cl2F2O2/c1-5-6-10-9(2)13(7-11(10)16(19)20)24-17(23)15-12(8-14(21)22)18(15,3)4/h5,8,12-13,15H,1,6-7H2,2-4H3/t12-,13?,15+/m1/s1. The zero-order chi connectivity index (χ0) is 18.2. The Morgan fingerprint density at radius 2 is 2.04 bits per heavy atom. The van der Waals surface area contributed by atoms with Gasteiger partial charge in [-0.2, -0.15) is 8.78 Å². The van der Waals surface area contributed by atoms with Gasteiger partial charge in [0.25, 0.3) is 6.08 Å². The molecule has 0 spiro atoms. The first kappa shape index (κ1) is 19.2. The normalized spacial score (nSPS) is 27.8. The highest BCUT2D eigenvalue weighted by Crippen LogP contribution is 2.60. The fourth-order valence-electron chi connectivity index (χ4n) is 3.43. The van der Waals surface area contributed by atoms with Gasteiger partial charge in [0.05, 0.1) is 5.92 Å². The van der Waals surface area contributed by atoms with E-state index in [-0.39, 0.29) is 4.49 Å². The van der Waals surface area contributed by atoms with Crippen LogP contribution in [0, 0.1) is 17.3 Å². The number of hydrogen-bond donors (Lipinski definition) is 0. The minimum atomic E-state index is -1.77. The number of ether oxygens (including phenoxy) is 1. The van der Waals surface area contributed by atoms with E-state index in [1.807, 2.05) is 6.92 Å². The smallest absolute Gasteiger partial charge is 0.310 e. The minimum absolute atomic E-state index is 0.150. The predicted molar refractivity (Wildman–Crippen MR) is 91.8 cm³/mol. The Kier molecular flexibility index (Phi) is 5.61. The molecule has 0 aromatic carbocycles. The lowest BCUT2D eigenvalue weighted by molar-refractivity contribution is -0.149. The maximum atomic E-state index is 12.5. The van der Waals surface area contributed by atoms with Crippen LogP contribution in [0.4, 0.5) is 8.78 Å². The molecule has 1 fully saturated rings. The lowest BCUT2D eigenvalue weighted by Gasteiger charge is -2.14. The summed E-state index contributed by atoms with van der Waals surface area (Å²) < 4.78 is 30.8. The van der Waals surface area contributed by atoms with Gasteiger partial charge in [0.2, 0.25) is 0 Å². The second kappa shape index (κ2) is 7.01. The maximum Gasteiger partial charge on any atom is 0.310 e. The molecule has 0 N–H and O–H groups in total. The van der Waals surface area contributed by atoms with Crippen LogP contribution in [-0.2, 0) is 9.53 Å². The van der Waals surface area contributed by atoms with Crippen molar-refractivity contribution in [2.24, 2.45) is 17.3 Å². The third-order valence-electron chi connectivity index (χ3n) is 5.02. The minimum Gasteiger partial charge on any atom is -0.457 e. The van der Waals surface area contributed by atoms with E-state index in [0.717, 1.165) is 22.8 Å². The van der Waals surface area contributed by atoms with E-state index in [0.29, 0.717) is 12.8 Å². The Morgan fingerprint density at radius 3 is 2.54 bits per heavy atom. The fourth-order valence-corrected chi connectivity index (χ4v) is 3.81. The highest BCUT2D eigenvalue weighted by Gasteiger charge is 2.62. The molecule has 0 aliphatic heterocycles. The summed E-state index contributed by atoms with van der Waals surface area (Å²) in [6.45, 7) is 9.13. The lowest BCUT2D eigenvalue weighted by atomic mass is 10.1. The second-order valence-corrected chi connectivity index (χ2v) is 7.75. The van der Waals surface area contributed by atoms with Crippen LogP contribution in [0.1, 0.15) is 33.6 Å². The molecule has 0 aromatic heterocycles. The van der Waals surface area contributed by atoms with Crippen molar-refractivity contribution >= 4 is 29.2 Å². The Hall–Kier alpha value is -1.13. The van der Waals surface area contributed by atoms with E-state index in [9.17, 15) is 13.6 Å². The van der Waals surface area contributed by atoms with Gasteiger partial charge in [0.1, 0.15) is 10.6 Å². The first-order valence-corrected chi connectivity index (χ1v) is 8.45. The number of halogens is 4. The molecule has 24 heavy (non-hydrogen) atoms. The van der Waals surface area contributed by atoms with E-state index < -0.39 is 35.4 Å². The zero-order valence-electron chi connectivity index (χ0n) is 13.8. The Balaban J connectivity index is 2.15. The van der Waals surface area contributed by atoms with Gasteiger partial charge in [-0.05, 0) is 41.6 Å². The summed E-state index contributed by atoms with van der Waals surface area (Å²) in [4.78, 5) is 12.4. The van der Waals surface area contributed by atoms with Crippen LogP contribution in [0.15, 0.2) is 46.0 Å². The Bertz CT molecular complexity index is 654. The molecule has 2 nitrogen and oxygen atoms in total. The van der Waals surface area contributed by atoms with Crippen LogP contribution in [0.2, 0.25) is 0 Å². The largest absolute Gasteiger partial charge is 0.457 e. The summed E-state index contributed by atoms with van der Waals surface area (Å²) >= 11 is 11.9. The quantitative estimate of drug-likeness (QED) is 0.438. The van der Waals surface area contributed by atoms with Gasteiger partial charge in [-0.3, -0.25) is 4.79 Å². The van der Waals surface area contributed by atoms with Crippen LogP contribution in [-0.4, -0.2) is 12.1 Å². The molecule has 0 saturated heterocycles. The van der Waals surface area contributed by atoms with Gasteiger partial charge in [0.15, 0.2) is 0 Å². The Labute approximate surface area is 150 Å². The van der Waals surface area contributed by atoms with Crippen molar-refractivity contribution in [1.82, 2.24) is 0 Å². The molecule has 1 saturated carbocycles. The van der Waals surface area contributed by atoms with Crippen LogP contribution >= 0.6 is 23.2 Å². The van der Waals surface area contributed by atoms with Crippen molar-refractivity contribution in [3.8, 4) is 0 Å². The lowest BCUT2D eigenvalue weighted by Crippen LogP contribution is -2.20. The molecule has 2 aliphatic carbocycles. The molecule has 6 heteroatoms. The highest BCUT2D eigenvalue weighted by molar-refractivity contribution is 6.56. The molecule has 2 rings (SSSR count). The molecule has 0 aromatic rings. The van der Waals surface area contributed by atoms with E-state index >= 15 is 0 Å². The van der Waals surface area contributed by atoms with Gasteiger partial charge < -0.3 is 4.74 Å². The van der Waals surface area contributed by atoms with Crippen molar-refractivity contribution in [3.63, 3.8) is 0 Å². The van der Waals surface area contributed by atoms with Crippen molar-refractivity contribution in [2.45, 2.75) is 39.7 Å². The topological polar surface area (TPSA) is 26.3 Å². The van der Waals surface area contributed by atoms with Gasteiger partial charge in [-0.15, -0.1) is 6.58 Å². The number of carbonyl (C=O) groups is 1. The Morgan fingerprint density at radius 1 is 1.42 bits per heavy atom. The molecule has 0 radical (unpaired) electrons. The van der Waals surface area contributed by atoms with Gasteiger partial charge in [0, 0.05) is 12.3 Å². The fraction of sp³-hybridized carbons (Fsp3) is 0.500. The number of hydrogen-bond acceptors (Lipinski definition) is 2. The molecule has 0 heterocycles. The van der Waals surface area contributed by atoms with E-state index in [1.54, 1.807) is 19.9 Å². The van der Waals surface area contributed by atoms with E-state index in [1.165, 1.54) is 0 Å². The van der Waals surface area contributed by atoms with Crippen molar-refractivity contribution in [3.05, 3.63) is 46.0 Å². The van der Waals surface area contributed by atoms with Crippen LogP contribution in [0.25, 0.3) is 0 Å². The van der Waals surface area contributed by atoms with Gasteiger partial charge >= 0.3 is 5.97 Å². The maximum absolute atomic E-state index is 12.5. The number of rotatable bonds is 5. The van der Waals surface area contributed by atoms with Gasteiger partial charge in [-0.25, -0.2) is 0 Å². The summed E-state index contributed by atoms with van der Waals surface area (Å²) in [7, 11) is 0. The SMILES string of the molecule is C=CCC1=C(C)C(OC(=O)[C@@H]2[C@@H](C=C(F)F)C2(C)C)CC1=C(Cl)Cl. The first-order chi connectivity index (χ1) is 11.1. The van der Waals surface area contributed by atoms with Crippen molar-refractivity contribution in [2.75, 3.05) is 0 Å². The highest BCUT2D eigenvalue weighted by atomic mass is 35.5. The van der Waals surface area contributed by atoms with Crippen molar-refractivity contribution in [1.29, 1.82) is 0 Å². The zero-order valence-corrected chi connectivity index (χ0v) is 15.3. The summed E-state index contributed by atoms with van der Waals surface area (Å²) in [5.41, 5.74) is 2.02. The van der Waals surface area contributed by atoms with Crippen LogP contribution < -0.4 is 0 Å². The molecule has 2 aliphatic rings. The van der Waals surface area contributed by atoms with E-state index in [2.05, 4.69) is 6.58 Å². The van der Waals surface area contributed by atoms with Crippen LogP contribution in [0.3, 0.4) is 0 Å². The van der Waals surface area contributed by atoms with E-state index in [4.69, 9.17) is 27.9 Å². The molecule has 132 valence electrons. The second-order valence-electron chi connectivity index (χ2n) is 6.80. The summed E-state index contributed by atoms with van der Waals surface area (Å²) in [6.07, 6.45) is 1.31. The molecule has 1 unspecified atom stereocenters. The predicted octanol–water partition coefficient (Wildman–Crippen LogP) is 5.94. The average Bonchev–Trinajstić information content (AvgIpc) is 2.84. The molecule has 0 amide bonds. The van der Waals surface area contributed by atoms with Gasteiger partial charge in [-0.1, -0.05) is 43.1 Å². The molecular formula is C18H20Cl2F2O2. The average molecular weight is 377 g/mol. The summed E-state index contributed by atoms with van der Waals surface area (Å²) in [5, 5.41) is 0. The summed E-state index contributed by atoms with van der Waals surface area (Å²) in [5.74, 6) is -1.52. The number of allylic oxidation sites excluding steroid dienone is 3. The third kappa shape index (κ3) is 3.60. The third-order valence-corrected chi connectivity index (χ3v) is 5.47. The number of carbonyl (C=O) groups excluding carboxylic acids is 1. The molecule has 0 bridgehead atoms. The molecule has 3 atom stereocenters. The van der Waals surface area contributed by atoms with Crippen LogP contribution in [0.5, 0.6) is 0 Å². The summed E-state index contributed by atoms with van der Waals surface area (Å²) in [6, 6.07) is 0.